The summed E-state index contributed by atoms with van der Waals surface area (Å²) < 4.78 is 38.6. The highest BCUT2D eigenvalue weighted by Crippen LogP contribution is 2.42. The van der Waals surface area contributed by atoms with Crippen LogP contribution in [-0.2, 0) is 0 Å². The topological polar surface area (TPSA) is 0 Å². The molecule has 0 saturated carbocycles. The average molecular weight is 259 g/mol. The fourth-order valence-corrected chi connectivity index (χ4v) is 2.24. The summed E-state index contributed by atoms with van der Waals surface area (Å²) in [5.74, 6) is -0.700. The molecule has 90 valence electrons. The Kier molecular flexibility index (Phi) is 3.29. The van der Waals surface area contributed by atoms with Crippen LogP contribution in [0.2, 0.25) is 5.02 Å². The fraction of sp³-hybridized carbons (Fsp3) is 0.231. The molecule has 0 aliphatic heterocycles. The smallest absolute Gasteiger partial charge is 0.166 e. The highest BCUT2D eigenvalue weighted by Gasteiger charge is 2.39. The van der Waals surface area contributed by atoms with Crippen molar-refractivity contribution in [3.05, 3.63) is 58.7 Å². The predicted molar refractivity (Wildman–Crippen MR) is 62.1 cm³/mol. The number of hydrogen-bond acceptors (Lipinski definition) is 0. The molecule has 0 nitrogen and oxygen atoms in total. The largest absolute Gasteiger partial charge is 0.413 e. The van der Waals surface area contributed by atoms with Gasteiger partial charge in [0.25, 0.3) is 0 Å². The van der Waals surface area contributed by atoms with Crippen molar-refractivity contribution >= 4 is 11.6 Å². The molecule has 0 aromatic heterocycles. The number of alkyl halides is 3. The standard InChI is InChI=1S/C13H10ClF3/c14-12-8-4-2-6-10(12)9-5-1-3-7-11(9)13(15,16)17/h1-4,6-9H,5H2. The van der Waals surface area contributed by atoms with Gasteiger partial charge in [0.05, 0.1) is 0 Å². The zero-order valence-electron chi connectivity index (χ0n) is 8.84. The van der Waals surface area contributed by atoms with E-state index in [-0.39, 0.29) is 0 Å². The van der Waals surface area contributed by atoms with Crippen molar-refractivity contribution in [2.45, 2.75) is 18.5 Å². The van der Waals surface area contributed by atoms with Crippen LogP contribution in [0, 0.1) is 0 Å². The van der Waals surface area contributed by atoms with E-state index in [4.69, 9.17) is 11.6 Å². The Bertz CT molecular complexity index is 472. The van der Waals surface area contributed by atoms with Gasteiger partial charge in [-0.25, -0.2) is 0 Å². The normalized spacial score (nSPS) is 20.2. The minimum Gasteiger partial charge on any atom is -0.166 e. The van der Waals surface area contributed by atoms with Gasteiger partial charge in [-0.15, -0.1) is 0 Å². The summed E-state index contributed by atoms with van der Waals surface area (Å²) in [6.45, 7) is 0. The van der Waals surface area contributed by atoms with Crippen LogP contribution in [-0.4, -0.2) is 6.18 Å². The summed E-state index contributed by atoms with van der Waals surface area (Å²) in [6.07, 6.45) is 0.306. The summed E-state index contributed by atoms with van der Waals surface area (Å²) in [6, 6.07) is 6.67. The third-order valence-electron chi connectivity index (χ3n) is 2.77. The predicted octanol–water partition coefficient (Wildman–Crippen LogP) is 4.87. The Labute approximate surface area is 102 Å². The molecule has 4 heteroatoms. The Morgan fingerprint density at radius 3 is 2.53 bits per heavy atom. The number of benzene rings is 1. The maximum atomic E-state index is 12.9. The highest BCUT2D eigenvalue weighted by molar-refractivity contribution is 6.31. The molecule has 2 rings (SSSR count). The van der Waals surface area contributed by atoms with Crippen molar-refractivity contribution in [2.75, 3.05) is 0 Å². The van der Waals surface area contributed by atoms with E-state index in [0.717, 1.165) is 6.08 Å². The maximum Gasteiger partial charge on any atom is 0.413 e. The Balaban J connectivity index is 2.43. The van der Waals surface area contributed by atoms with Gasteiger partial charge in [0.2, 0.25) is 0 Å². The molecule has 1 aliphatic rings. The van der Waals surface area contributed by atoms with E-state index in [2.05, 4.69) is 0 Å². The van der Waals surface area contributed by atoms with Crippen LogP contribution in [0.4, 0.5) is 13.2 Å². The summed E-state index contributed by atoms with van der Waals surface area (Å²) >= 11 is 5.95. The van der Waals surface area contributed by atoms with Crippen LogP contribution in [0.1, 0.15) is 17.9 Å². The molecule has 0 heterocycles. The molecule has 17 heavy (non-hydrogen) atoms. The summed E-state index contributed by atoms with van der Waals surface area (Å²) in [4.78, 5) is 0. The molecular formula is C13H10ClF3. The van der Waals surface area contributed by atoms with Gasteiger partial charge in [0.15, 0.2) is 0 Å². The molecule has 0 amide bonds. The number of rotatable bonds is 1. The van der Waals surface area contributed by atoms with Crippen LogP contribution in [0.3, 0.4) is 0 Å². The van der Waals surface area contributed by atoms with E-state index in [9.17, 15) is 13.2 Å². The van der Waals surface area contributed by atoms with E-state index in [1.807, 2.05) is 0 Å². The molecule has 0 spiro atoms. The number of hydrogen-bond donors (Lipinski definition) is 0. The van der Waals surface area contributed by atoms with Crippen LogP contribution in [0.5, 0.6) is 0 Å². The lowest BCUT2D eigenvalue weighted by atomic mass is 9.85. The molecule has 1 aromatic carbocycles. The molecule has 0 saturated heterocycles. The van der Waals surface area contributed by atoms with Crippen LogP contribution >= 0.6 is 11.6 Å². The summed E-state index contributed by atoms with van der Waals surface area (Å²) in [7, 11) is 0. The average Bonchev–Trinajstić information content (AvgIpc) is 2.28. The van der Waals surface area contributed by atoms with Gasteiger partial charge in [-0.2, -0.15) is 13.2 Å². The molecule has 0 fully saturated rings. The van der Waals surface area contributed by atoms with Crippen molar-refractivity contribution in [1.82, 2.24) is 0 Å². The minimum absolute atomic E-state index is 0.328. The lowest BCUT2D eigenvalue weighted by molar-refractivity contribution is -0.0960. The van der Waals surface area contributed by atoms with Crippen LogP contribution < -0.4 is 0 Å². The monoisotopic (exact) mass is 258 g/mol. The van der Waals surface area contributed by atoms with Crippen molar-refractivity contribution < 1.29 is 13.2 Å². The highest BCUT2D eigenvalue weighted by atomic mass is 35.5. The Hall–Kier alpha value is -1.22. The first-order valence-corrected chi connectivity index (χ1v) is 5.56. The SMILES string of the molecule is FC(F)(F)C1=CC=CCC1c1ccccc1Cl. The first-order valence-electron chi connectivity index (χ1n) is 5.18. The zero-order chi connectivity index (χ0) is 12.5. The van der Waals surface area contributed by atoms with E-state index in [1.54, 1.807) is 30.3 Å². The van der Waals surface area contributed by atoms with Gasteiger partial charge in [-0.1, -0.05) is 48.0 Å². The second kappa shape index (κ2) is 4.57. The first-order chi connectivity index (χ1) is 8.00. The lowest BCUT2D eigenvalue weighted by Crippen LogP contribution is -2.20. The van der Waals surface area contributed by atoms with Crippen LogP contribution in [0.15, 0.2) is 48.1 Å². The van der Waals surface area contributed by atoms with Gasteiger partial charge in [-0.05, 0) is 18.1 Å². The van der Waals surface area contributed by atoms with Gasteiger partial charge >= 0.3 is 6.18 Å². The van der Waals surface area contributed by atoms with Crippen molar-refractivity contribution in [2.24, 2.45) is 0 Å². The molecule has 1 atom stereocenters. The van der Waals surface area contributed by atoms with E-state index in [1.165, 1.54) is 6.08 Å². The molecule has 0 N–H and O–H groups in total. The molecule has 1 aromatic rings. The maximum absolute atomic E-state index is 12.9. The lowest BCUT2D eigenvalue weighted by Gasteiger charge is -2.24. The van der Waals surface area contributed by atoms with Crippen molar-refractivity contribution in [3.63, 3.8) is 0 Å². The zero-order valence-corrected chi connectivity index (χ0v) is 9.59. The molecule has 0 bridgehead atoms. The minimum atomic E-state index is -4.31. The van der Waals surface area contributed by atoms with Crippen molar-refractivity contribution in [3.8, 4) is 0 Å². The van der Waals surface area contributed by atoms with Gasteiger partial charge in [0, 0.05) is 16.5 Å². The Morgan fingerprint density at radius 2 is 1.88 bits per heavy atom. The van der Waals surface area contributed by atoms with Gasteiger partial charge in [-0.3, -0.25) is 0 Å². The Morgan fingerprint density at radius 1 is 1.18 bits per heavy atom. The summed E-state index contributed by atoms with van der Waals surface area (Å²) in [5, 5.41) is 0.378. The second-order valence-corrected chi connectivity index (χ2v) is 4.26. The fourth-order valence-electron chi connectivity index (χ4n) is 1.97. The second-order valence-electron chi connectivity index (χ2n) is 3.86. The quantitative estimate of drug-likeness (QED) is 0.674. The van der Waals surface area contributed by atoms with E-state index < -0.39 is 17.7 Å². The van der Waals surface area contributed by atoms with E-state index in [0.29, 0.717) is 17.0 Å². The summed E-state index contributed by atoms with van der Waals surface area (Å²) in [5.41, 5.74) is -0.00445. The van der Waals surface area contributed by atoms with Gasteiger partial charge in [0.1, 0.15) is 0 Å². The molecular weight excluding hydrogens is 249 g/mol. The van der Waals surface area contributed by atoms with Crippen LogP contribution in [0.25, 0.3) is 0 Å². The first kappa shape index (κ1) is 12.2. The van der Waals surface area contributed by atoms with Crippen molar-refractivity contribution in [1.29, 1.82) is 0 Å². The van der Waals surface area contributed by atoms with Gasteiger partial charge < -0.3 is 0 Å². The third-order valence-corrected chi connectivity index (χ3v) is 3.11. The third kappa shape index (κ3) is 2.55. The number of halogens is 4. The van der Waals surface area contributed by atoms with E-state index >= 15 is 0 Å². The number of allylic oxidation sites excluding steroid dienone is 4. The molecule has 1 unspecified atom stereocenters. The molecule has 0 radical (unpaired) electrons. The molecule has 1 aliphatic carbocycles.